The molecule has 3 aliphatic carbocycles. The summed E-state index contributed by atoms with van der Waals surface area (Å²) < 4.78 is 1.12. The van der Waals surface area contributed by atoms with E-state index in [9.17, 15) is 5.11 Å². The van der Waals surface area contributed by atoms with E-state index < -0.39 is 0 Å². The Labute approximate surface area is 152 Å². The average Bonchev–Trinajstić information content (AvgIpc) is 2.63. The number of rotatable bonds is 4. The molecule has 24 heavy (non-hydrogen) atoms. The summed E-state index contributed by atoms with van der Waals surface area (Å²) in [6, 6.07) is 19.2. The normalized spacial score (nSPS) is 32.0. The predicted octanol–water partition coefficient (Wildman–Crippen LogP) is 4.55. The molecule has 0 saturated heterocycles. The van der Waals surface area contributed by atoms with Crippen LogP contribution in [0.25, 0.3) is 0 Å². The smallest absolute Gasteiger partial charge is 0.0730 e. The zero-order valence-electron chi connectivity index (χ0n) is 13.8. The van der Waals surface area contributed by atoms with Crippen LogP contribution in [0, 0.1) is 0 Å². The summed E-state index contributed by atoms with van der Waals surface area (Å²) in [7, 11) is 0. The molecule has 0 spiro atoms. The Morgan fingerprint density at radius 2 is 1.62 bits per heavy atom. The number of halogens is 1. The molecule has 2 aromatic rings. The molecule has 3 fully saturated rings. The Morgan fingerprint density at radius 3 is 2.25 bits per heavy atom. The van der Waals surface area contributed by atoms with Crippen molar-refractivity contribution in [2.45, 2.75) is 55.7 Å². The second kappa shape index (κ2) is 6.29. The second-order valence-electron chi connectivity index (χ2n) is 7.50. The van der Waals surface area contributed by atoms with Crippen LogP contribution in [-0.2, 0) is 12.0 Å². The third-order valence-electron chi connectivity index (χ3n) is 6.27. The zero-order valence-corrected chi connectivity index (χ0v) is 15.4. The molecule has 3 aliphatic rings. The molecule has 0 amide bonds. The third-order valence-corrected chi connectivity index (χ3v) is 6.79. The minimum atomic E-state index is -0.271. The van der Waals surface area contributed by atoms with Crippen LogP contribution < -0.4 is 5.32 Å². The molecule has 5 rings (SSSR count). The monoisotopic (exact) mass is 385 g/mol. The molecular formula is C21H24BrNO. The number of nitrogens with one attached hydrogen (secondary N) is 1. The van der Waals surface area contributed by atoms with Crippen LogP contribution in [0.3, 0.4) is 0 Å². The number of aliphatic hydroxyl groups excluding tert-OH is 1. The molecule has 0 radical (unpaired) electrons. The van der Waals surface area contributed by atoms with Gasteiger partial charge in [-0.15, -0.1) is 0 Å². The van der Waals surface area contributed by atoms with Gasteiger partial charge in [0.05, 0.1) is 6.10 Å². The first-order chi connectivity index (χ1) is 11.6. The first-order valence-corrected chi connectivity index (χ1v) is 9.64. The van der Waals surface area contributed by atoms with E-state index in [1.54, 1.807) is 0 Å². The lowest BCUT2D eigenvalue weighted by atomic mass is 9.53. The molecule has 2 bridgehead atoms. The van der Waals surface area contributed by atoms with Crippen molar-refractivity contribution in [1.29, 1.82) is 0 Å². The fourth-order valence-corrected chi connectivity index (χ4v) is 4.92. The lowest BCUT2D eigenvalue weighted by Gasteiger charge is -2.57. The van der Waals surface area contributed by atoms with Crippen molar-refractivity contribution < 1.29 is 5.11 Å². The first kappa shape index (κ1) is 16.3. The lowest BCUT2D eigenvalue weighted by Crippen LogP contribution is -2.64. The van der Waals surface area contributed by atoms with E-state index in [0.717, 1.165) is 43.1 Å². The molecule has 0 heterocycles. The van der Waals surface area contributed by atoms with E-state index in [4.69, 9.17) is 0 Å². The molecule has 2 aromatic carbocycles. The van der Waals surface area contributed by atoms with E-state index in [1.807, 2.05) is 6.07 Å². The van der Waals surface area contributed by atoms with Crippen LogP contribution in [0.2, 0.25) is 0 Å². The highest BCUT2D eigenvalue weighted by Gasteiger charge is 2.54. The van der Waals surface area contributed by atoms with Gasteiger partial charge in [0.2, 0.25) is 0 Å². The summed E-state index contributed by atoms with van der Waals surface area (Å²) in [6.07, 6.45) is 5.03. The topological polar surface area (TPSA) is 32.3 Å². The molecule has 126 valence electrons. The Morgan fingerprint density at radius 1 is 0.958 bits per heavy atom. The predicted molar refractivity (Wildman–Crippen MR) is 101 cm³/mol. The van der Waals surface area contributed by atoms with E-state index in [-0.39, 0.29) is 17.1 Å². The van der Waals surface area contributed by atoms with Crippen molar-refractivity contribution in [3.63, 3.8) is 0 Å². The molecular weight excluding hydrogens is 362 g/mol. The summed E-state index contributed by atoms with van der Waals surface area (Å²) in [4.78, 5) is 0. The highest BCUT2D eigenvalue weighted by atomic mass is 79.9. The van der Waals surface area contributed by atoms with Gasteiger partial charge in [-0.25, -0.2) is 0 Å². The van der Waals surface area contributed by atoms with Crippen molar-refractivity contribution >= 4 is 15.9 Å². The van der Waals surface area contributed by atoms with E-state index in [0.29, 0.717) is 0 Å². The fourth-order valence-electron chi connectivity index (χ4n) is 4.66. The molecule has 1 atom stereocenters. The Hall–Kier alpha value is -1.16. The summed E-state index contributed by atoms with van der Waals surface area (Å²) in [6.45, 7) is 0.836. The molecule has 3 heteroatoms. The van der Waals surface area contributed by atoms with Crippen LogP contribution in [-0.4, -0.2) is 16.7 Å². The maximum atomic E-state index is 10.9. The van der Waals surface area contributed by atoms with Gasteiger partial charge in [-0.05, 0) is 60.8 Å². The summed E-state index contributed by atoms with van der Waals surface area (Å²) in [5, 5.41) is 14.6. The number of fused-ring (bicyclic) bond motifs is 3. The highest BCUT2D eigenvalue weighted by Crippen LogP contribution is 2.53. The number of aliphatic hydroxyl groups is 1. The number of benzene rings is 2. The van der Waals surface area contributed by atoms with Crippen molar-refractivity contribution in [1.82, 2.24) is 5.32 Å². The number of hydrogen-bond acceptors (Lipinski definition) is 2. The zero-order chi connectivity index (χ0) is 16.6. The molecule has 0 aromatic heterocycles. The Balaban J connectivity index is 1.50. The average molecular weight is 386 g/mol. The molecule has 1 unspecified atom stereocenters. The molecule has 2 nitrogen and oxygen atoms in total. The number of hydrogen-bond donors (Lipinski definition) is 2. The van der Waals surface area contributed by atoms with Gasteiger partial charge < -0.3 is 10.4 Å². The van der Waals surface area contributed by atoms with Gasteiger partial charge in [-0.2, -0.15) is 0 Å². The highest BCUT2D eigenvalue weighted by molar-refractivity contribution is 9.10. The van der Waals surface area contributed by atoms with Crippen molar-refractivity contribution in [2.75, 3.05) is 0 Å². The maximum absolute atomic E-state index is 10.9. The van der Waals surface area contributed by atoms with Crippen LogP contribution in [0.5, 0.6) is 0 Å². The van der Waals surface area contributed by atoms with Crippen LogP contribution >= 0.6 is 15.9 Å². The van der Waals surface area contributed by atoms with Crippen LogP contribution in [0.1, 0.15) is 43.2 Å². The van der Waals surface area contributed by atoms with Crippen molar-refractivity contribution in [2.24, 2.45) is 0 Å². The van der Waals surface area contributed by atoms with E-state index in [2.05, 4.69) is 69.8 Å². The second-order valence-corrected chi connectivity index (χ2v) is 8.42. The van der Waals surface area contributed by atoms with Crippen LogP contribution in [0.4, 0.5) is 0 Å². The standard InChI is InChI=1S/C21H24BrNO/c22-18-8-6-17(7-9-18)20-10-12-21(13-11-20,19(24)14-20)23-15-16-4-2-1-3-5-16/h1-9,19,23-24H,10-15H2. The van der Waals surface area contributed by atoms with Crippen LogP contribution in [0.15, 0.2) is 59.1 Å². The minimum Gasteiger partial charge on any atom is -0.391 e. The summed E-state index contributed by atoms with van der Waals surface area (Å²) in [5.41, 5.74) is 2.74. The van der Waals surface area contributed by atoms with Crippen molar-refractivity contribution in [3.8, 4) is 0 Å². The van der Waals surface area contributed by atoms with E-state index >= 15 is 0 Å². The van der Waals surface area contributed by atoms with Gasteiger partial charge in [0.1, 0.15) is 0 Å². The van der Waals surface area contributed by atoms with E-state index in [1.165, 1.54) is 11.1 Å². The largest absolute Gasteiger partial charge is 0.391 e. The van der Waals surface area contributed by atoms with Gasteiger partial charge in [0.25, 0.3) is 0 Å². The SMILES string of the molecule is OC1CC2(c3ccc(Br)cc3)CCC1(NCc1ccccc1)CC2. The summed E-state index contributed by atoms with van der Waals surface area (Å²) in [5.74, 6) is 0. The quantitative estimate of drug-likeness (QED) is 0.808. The molecule has 2 N–H and O–H groups in total. The minimum absolute atomic E-state index is 0.104. The fraction of sp³-hybridized carbons (Fsp3) is 0.429. The molecule has 0 aliphatic heterocycles. The third kappa shape index (κ3) is 2.83. The van der Waals surface area contributed by atoms with Gasteiger partial charge >= 0.3 is 0 Å². The Bertz CT molecular complexity index is 690. The van der Waals surface area contributed by atoms with Gasteiger partial charge in [-0.3, -0.25) is 0 Å². The Kier molecular flexibility index (Phi) is 4.27. The first-order valence-electron chi connectivity index (χ1n) is 8.85. The van der Waals surface area contributed by atoms with Gasteiger partial charge in [-0.1, -0.05) is 58.4 Å². The van der Waals surface area contributed by atoms with Gasteiger partial charge in [0.15, 0.2) is 0 Å². The van der Waals surface area contributed by atoms with Gasteiger partial charge in [0, 0.05) is 16.6 Å². The van der Waals surface area contributed by atoms with Crippen molar-refractivity contribution in [3.05, 3.63) is 70.2 Å². The molecule has 3 saturated carbocycles. The summed E-state index contributed by atoms with van der Waals surface area (Å²) >= 11 is 3.52. The maximum Gasteiger partial charge on any atom is 0.0730 e. The lowest BCUT2D eigenvalue weighted by molar-refractivity contribution is -0.0550.